The van der Waals surface area contributed by atoms with E-state index < -0.39 is 0 Å². The maximum atomic E-state index is 6.00. The molecule has 3 aromatic carbocycles. The van der Waals surface area contributed by atoms with Gasteiger partial charge in [0, 0.05) is 22.2 Å². The van der Waals surface area contributed by atoms with Crippen LogP contribution in [-0.2, 0) is 18.8 Å². The molecule has 0 aliphatic heterocycles. The second-order valence-corrected chi connectivity index (χ2v) is 9.76. The van der Waals surface area contributed by atoms with Crippen molar-refractivity contribution < 1.29 is 9.47 Å². The lowest BCUT2D eigenvalue weighted by Gasteiger charge is -2.11. The van der Waals surface area contributed by atoms with Crippen LogP contribution in [0.1, 0.15) is 35.9 Å². The van der Waals surface area contributed by atoms with Crippen molar-refractivity contribution in [2.45, 2.75) is 37.3 Å². The van der Waals surface area contributed by atoms with Gasteiger partial charge in [-0.3, -0.25) is 0 Å². The molecular formula is C27H26Cl2N4O2S. The highest BCUT2D eigenvalue weighted by Gasteiger charge is 2.12. The zero-order chi connectivity index (χ0) is 25.3. The summed E-state index contributed by atoms with van der Waals surface area (Å²) in [6, 6.07) is 21.1. The monoisotopic (exact) mass is 540 g/mol. The minimum Gasteiger partial charge on any atom is -0.493 e. The molecule has 0 unspecified atom stereocenters. The Kier molecular flexibility index (Phi) is 9.28. The van der Waals surface area contributed by atoms with Crippen LogP contribution in [0.5, 0.6) is 11.5 Å². The van der Waals surface area contributed by atoms with E-state index in [1.54, 1.807) is 25.1 Å². The van der Waals surface area contributed by atoms with Gasteiger partial charge in [-0.2, -0.15) is 9.78 Å². The Labute approximate surface area is 225 Å². The quantitative estimate of drug-likeness (QED) is 0.147. The number of halogens is 2. The van der Waals surface area contributed by atoms with E-state index in [4.69, 9.17) is 37.8 Å². The topological polar surface area (TPSA) is 61.5 Å². The zero-order valence-corrected chi connectivity index (χ0v) is 22.4. The van der Waals surface area contributed by atoms with Crippen molar-refractivity contribution in [1.82, 2.24) is 14.9 Å². The highest BCUT2D eigenvalue weighted by atomic mass is 35.5. The molecule has 0 spiro atoms. The van der Waals surface area contributed by atoms with Crippen molar-refractivity contribution >= 4 is 41.2 Å². The summed E-state index contributed by atoms with van der Waals surface area (Å²) in [5.74, 6) is 2.84. The Bertz CT molecular complexity index is 1310. The second-order valence-electron chi connectivity index (χ2n) is 7.95. The average molecular weight is 542 g/mol. The first-order chi connectivity index (χ1) is 17.6. The average Bonchev–Trinajstić information content (AvgIpc) is 3.28. The van der Waals surface area contributed by atoms with Crippen LogP contribution in [-0.4, -0.2) is 28.2 Å². The molecule has 9 heteroatoms. The molecule has 6 nitrogen and oxygen atoms in total. The predicted molar refractivity (Wildman–Crippen MR) is 147 cm³/mol. The molecule has 4 rings (SSSR count). The molecule has 0 aliphatic carbocycles. The van der Waals surface area contributed by atoms with Gasteiger partial charge in [0.25, 0.3) is 0 Å². The van der Waals surface area contributed by atoms with Crippen LogP contribution in [0.4, 0.5) is 0 Å². The summed E-state index contributed by atoms with van der Waals surface area (Å²) in [6.07, 6.45) is 3.51. The van der Waals surface area contributed by atoms with Crippen molar-refractivity contribution in [2.75, 3.05) is 7.11 Å². The van der Waals surface area contributed by atoms with Crippen LogP contribution in [0, 0.1) is 0 Å². The maximum absolute atomic E-state index is 6.00. The first-order valence-corrected chi connectivity index (χ1v) is 13.2. The van der Waals surface area contributed by atoms with Crippen LogP contribution in [0.15, 0.2) is 77.0 Å². The second kappa shape index (κ2) is 12.8. The lowest BCUT2D eigenvalue weighted by Crippen LogP contribution is -2.01. The number of aromatic nitrogens is 3. The van der Waals surface area contributed by atoms with E-state index in [1.807, 2.05) is 71.4 Å². The third-order valence-electron chi connectivity index (χ3n) is 5.25. The van der Waals surface area contributed by atoms with E-state index in [9.17, 15) is 0 Å². The lowest BCUT2D eigenvalue weighted by atomic mass is 10.2. The number of nitrogens with zero attached hydrogens (tertiary/aromatic N) is 4. The predicted octanol–water partition coefficient (Wildman–Crippen LogP) is 7.30. The molecule has 0 amide bonds. The fourth-order valence-corrected chi connectivity index (χ4v) is 4.47. The first kappa shape index (κ1) is 26.1. The number of thioether (sulfide) groups is 1. The Morgan fingerprint density at radius 1 is 0.917 bits per heavy atom. The molecule has 0 radical (unpaired) electrons. The Morgan fingerprint density at radius 2 is 1.61 bits per heavy atom. The van der Waals surface area contributed by atoms with Gasteiger partial charge in [-0.15, -0.1) is 10.2 Å². The molecule has 0 N–H and O–H groups in total. The molecular weight excluding hydrogens is 515 g/mol. The summed E-state index contributed by atoms with van der Waals surface area (Å²) in [5.41, 5.74) is 3.04. The summed E-state index contributed by atoms with van der Waals surface area (Å²) < 4.78 is 13.3. The van der Waals surface area contributed by atoms with Gasteiger partial charge in [0.1, 0.15) is 6.61 Å². The van der Waals surface area contributed by atoms with Crippen molar-refractivity contribution in [3.63, 3.8) is 0 Å². The van der Waals surface area contributed by atoms with Crippen LogP contribution in [0.2, 0.25) is 10.0 Å². The molecule has 1 aromatic heterocycles. The van der Waals surface area contributed by atoms with Crippen molar-refractivity contribution in [1.29, 1.82) is 0 Å². The number of methoxy groups -OCH3 is 1. The van der Waals surface area contributed by atoms with Gasteiger partial charge in [0.2, 0.25) is 5.16 Å². The number of hydrogen-bond donors (Lipinski definition) is 0. The Balaban J connectivity index is 1.48. The minimum atomic E-state index is 0.413. The summed E-state index contributed by atoms with van der Waals surface area (Å²) in [7, 11) is 1.62. The largest absolute Gasteiger partial charge is 0.493 e. The molecule has 0 bridgehead atoms. The Hall–Kier alpha value is -3.00. The molecule has 0 saturated carbocycles. The summed E-state index contributed by atoms with van der Waals surface area (Å²) in [5, 5.41) is 15.6. The summed E-state index contributed by atoms with van der Waals surface area (Å²) >= 11 is 13.5. The first-order valence-electron chi connectivity index (χ1n) is 11.5. The number of aryl methyl sites for hydroxylation is 1. The van der Waals surface area contributed by atoms with Crippen molar-refractivity contribution in [3.05, 3.63) is 99.3 Å². The van der Waals surface area contributed by atoms with Gasteiger partial charge in [0.05, 0.1) is 13.3 Å². The molecule has 0 atom stereocenters. The van der Waals surface area contributed by atoms with E-state index in [2.05, 4.69) is 17.1 Å². The zero-order valence-electron chi connectivity index (χ0n) is 20.0. The summed E-state index contributed by atoms with van der Waals surface area (Å²) in [4.78, 5) is 0. The Morgan fingerprint density at radius 3 is 2.28 bits per heavy atom. The normalized spacial score (nSPS) is 11.2. The van der Waals surface area contributed by atoms with Crippen LogP contribution in [0.3, 0.4) is 0 Å². The van der Waals surface area contributed by atoms with Gasteiger partial charge in [-0.05, 0) is 65.6 Å². The van der Waals surface area contributed by atoms with E-state index in [-0.39, 0.29) is 0 Å². The minimum absolute atomic E-state index is 0.413. The highest BCUT2D eigenvalue weighted by Crippen LogP contribution is 2.29. The smallest absolute Gasteiger partial charge is 0.212 e. The molecule has 0 saturated heterocycles. The van der Waals surface area contributed by atoms with Crippen LogP contribution < -0.4 is 9.47 Å². The maximum Gasteiger partial charge on any atom is 0.212 e. The van der Waals surface area contributed by atoms with Crippen LogP contribution in [0.25, 0.3) is 0 Å². The van der Waals surface area contributed by atoms with E-state index in [1.165, 1.54) is 0 Å². The van der Waals surface area contributed by atoms with Gasteiger partial charge < -0.3 is 9.47 Å². The van der Waals surface area contributed by atoms with Gasteiger partial charge in [-0.25, -0.2) is 0 Å². The lowest BCUT2D eigenvalue weighted by molar-refractivity contribution is 0.284. The number of rotatable bonds is 11. The van der Waals surface area contributed by atoms with E-state index in [0.717, 1.165) is 51.3 Å². The number of hydrogen-bond acceptors (Lipinski definition) is 6. The van der Waals surface area contributed by atoms with Gasteiger partial charge >= 0.3 is 0 Å². The van der Waals surface area contributed by atoms with Gasteiger partial charge in [-0.1, -0.05) is 66.2 Å². The molecule has 4 aromatic rings. The molecule has 36 heavy (non-hydrogen) atoms. The van der Waals surface area contributed by atoms with Crippen molar-refractivity contribution in [2.24, 2.45) is 5.10 Å². The molecule has 186 valence electrons. The van der Waals surface area contributed by atoms with E-state index >= 15 is 0 Å². The molecule has 0 fully saturated rings. The van der Waals surface area contributed by atoms with Crippen LogP contribution >= 0.6 is 35.0 Å². The molecule has 1 heterocycles. The fourth-order valence-electron chi connectivity index (χ4n) is 3.36. The molecule has 0 aliphatic rings. The fraction of sp³-hybridized carbons (Fsp3) is 0.222. The van der Waals surface area contributed by atoms with E-state index in [0.29, 0.717) is 23.1 Å². The SMILES string of the molecule is CCCc1nnc(SCc2ccc(Cl)cc2)n1/N=C/c1ccc(OCc2ccc(Cl)cc2)c(OC)c1. The highest BCUT2D eigenvalue weighted by molar-refractivity contribution is 7.98. The summed E-state index contributed by atoms with van der Waals surface area (Å²) in [6.45, 7) is 2.52. The number of ether oxygens (including phenoxy) is 2. The third kappa shape index (κ3) is 7.03. The standard InChI is InChI=1S/C27H26Cl2N4O2S/c1-3-4-26-31-32-27(36-18-20-7-12-23(29)13-8-20)33(26)30-16-21-9-14-24(25(15-21)34-2)35-17-19-5-10-22(28)11-6-19/h5-16H,3-4,17-18H2,1-2H3/b30-16+. The number of benzene rings is 3. The van der Waals surface area contributed by atoms with Gasteiger partial charge in [0.15, 0.2) is 17.3 Å². The third-order valence-corrected chi connectivity index (χ3v) is 6.74. The van der Waals surface area contributed by atoms with Crippen molar-refractivity contribution in [3.8, 4) is 11.5 Å².